The van der Waals surface area contributed by atoms with E-state index in [0.29, 0.717) is 97.6 Å². The van der Waals surface area contributed by atoms with Crippen LogP contribution in [-0.4, -0.2) is 118 Å². The quantitative estimate of drug-likeness (QED) is 0.0837. The van der Waals surface area contributed by atoms with Crippen molar-refractivity contribution in [1.82, 2.24) is 42.8 Å². The summed E-state index contributed by atoms with van der Waals surface area (Å²) in [5.74, 6) is 3.52. The van der Waals surface area contributed by atoms with Crippen LogP contribution in [-0.2, 0) is 58.0 Å². The van der Waals surface area contributed by atoms with E-state index in [1.165, 1.54) is 0 Å². The van der Waals surface area contributed by atoms with Crippen LogP contribution in [0.4, 0.5) is 11.6 Å². The summed E-state index contributed by atoms with van der Waals surface area (Å²) >= 11 is 49.4. The highest BCUT2D eigenvalue weighted by Gasteiger charge is 2.26. The van der Waals surface area contributed by atoms with E-state index in [4.69, 9.17) is 120 Å². The molecule has 0 saturated carbocycles. The lowest BCUT2D eigenvalue weighted by Crippen LogP contribution is -2.40. The predicted octanol–water partition coefficient (Wildman–Crippen LogP) is 13.5. The summed E-state index contributed by atoms with van der Waals surface area (Å²) in [6.45, 7) is 4.60. The number of nitrogens with zero attached hydrogens (tertiary/aromatic N) is 11. The van der Waals surface area contributed by atoms with E-state index >= 15 is 0 Å². The van der Waals surface area contributed by atoms with Gasteiger partial charge in [0.05, 0.1) is 36.2 Å². The molecule has 0 aliphatic carbocycles. The van der Waals surface area contributed by atoms with Crippen molar-refractivity contribution in [3.8, 4) is 44.5 Å². The first-order chi connectivity index (χ1) is 45.7. The fourth-order valence-corrected chi connectivity index (χ4v) is 15.5. The lowest BCUT2D eigenvalue weighted by Gasteiger charge is -2.28. The third kappa shape index (κ3) is 16.0. The van der Waals surface area contributed by atoms with Crippen LogP contribution in [0, 0.1) is 0 Å². The van der Waals surface area contributed by atoms with E-state index in [9.17, 15) is 12.6 Å². The van der Waals surface area contributed by atoms with E-state index in [1.54, 1.807) is 56.0 Å². The summed E-state index contributed by atoms with van der Waals surface area (Å²) in [6.07, 6.45) is 16.0. The van der Waals surface area contributed by atoms with Gasteiger partial charge in [-0.05, 0) is 95.1 Å². The monoisotopic (exact) mass is 1470 g/mol. The van der Waals surface area contributed by atoms with Crippen LogP contribution in [0.25, 0.3) is 67.1 Å². The Morgan fingerprint density at radius 1 is 0.484 bits per heavy atom. The van der Waals surface area contributed by atoms with Crippen molar-refractivity contribution in [3.05, 3.63) is 215 Å². The normalized spacial score (nSPS) is 14.0. The fraction of sp³-hybridized carbons (Fsp3) is 0.227. The smallest absolute Gasteiger partial charge is 0.160 e. The highest BCUT2D eigenvalue weighted by Crippen LogP contribution is 2.38. The molecule has 12 aromatic rings. The average molecular weight is 1480 g/mol. The molecule has 0 bridgehead atoms. The number of imidazole rings is 3. The molecule has 95 heavy (non-hydrogen) atoms. The molecule has 2 fully saturated rings. The van der Waals surface area contributed by atoms with Crippen molar-refractivity contribution >= 4 is 148 Å². The first kappa shape index (κ1) is 69.7. The number of hydrogen-bond donors (Lipinski definition) is 4. The molecular weight excluding hydrogens is 1410 g/mol. The number of halogens is 8. The maximum Gasteiger partial charge on any atom is 0.160 e. The Morgan fingerprint density at radius 2 is 0.874 bits per heavy atom. The number of sulfone groups is 1. The molecule has 8 aromatic heterocycles. The van der Waals surface area contributed by atoms with Gasteiger partial charge in [0, 0.05) is 204 Å². The van der Waals surface area contributed by atoms with Crippen LogP contribution in [0.3, 0.4) is 0 Å². The Labute approximate surface area is 590 Å². The van der Waals surface area contributed by atoms with Crippen LogP contribution < -0.4 is 32.7 Å². The molecule has 494 valence electrons. The number of anilines is 2. The highest BCUT2D eigenvalue weighted by atomic mass is 35.5. The first-order valence-electron chi connectivity index (χ1n) is 29.7. The van der Waals surface area contributed by atoms with Crippen molar-refractivity contribution in [1.29, 1.82) is 0 Å². The molecule has 2 aliphatic rings. The molecule has 29 heteroatoms. The molecular formula is C66H63Cl8N15O4S2. The molecule has 2 aliphatic heterocycles. The number of methoxy groups -OCH3 is 1. The largest absolute Gasteiger partial charge is 0.384 e. The average Bonchev–Trinajstić information content (AvgIpc) is 1.74. The second-order valence-electron chi connectivity index (χ2n) is 22.2. The van der Waals surface area contributed by atoms with Crippen LogP contribution >= 0.6 is 92.8 Å². The molecule has 14 rings (SSSR count). The van der Waals surface area contributed by atoms with Gasteiger partial charge in [-0.15, -0.1) is 10.2 Å². The number of rotatable bonds is 13. The van der Waals surface area contributed by atoms with Gasteiger partial charge in [0.15, 0.2) is 15.5 Å². The summed E-state index contributed by atoms with van der Waals surface area (Å²) in [5.41, 5.74) is 39.0. The van der Waals surface area contributed by atoms with Gasteiger partial charge in [-0.3, -0.25) is 17.4 Å². The van der Waals surface area contributed by atoms with Gasteiger partial charge in [0.25, 0.3) is 0 Å². The third-order valence-electron chi connectivity index (χ3n) is 16.2. The molecule has 0 atom stereocenters. The van der Waals surface area contributed by atoms with Gasteiger partial charge in [0.2, 0.25) is 0 Å². The summed E-state index contributed by atoms with van der Waals surface area (Å²) in [7, 11) is -1.98. The zero-order valence-electron chi connectivity index (χ0n) is 51.0. The topological polar surface area (TPSA) is 253 Å². The molecule has 0 unspecified atom stereocenters. The molecule has 2 saturated heterocycles. The van der Waals surface area contributed by atoms with Crippen LogP contribution in [0.15, 0.2) is 147 Å². The van der Waals surface area contributed by atoms with Gasteiger partial charge < -0.3 is 41.9 Å². The lowest BCUT2D eigenvalue weighted by molar-refractivity contribution is 0.201. The van der Waals surface area contributed by atoms with Crippen LogP contribution in [0.5, 0.6) is 0 Å². The zero-order chi connectivity index (χ0) is 67.2. The van der Waals surface area contributed by atoms with E-state index < -0.39 is 20.6 Å². The molecule has 10 heterocycles. The number of fused-ring (bicyclic) bond motifs is 4. The molecule has 0 radical (unpaired) electrons. The predicted molar refractivity (Wildman–Crippen MR) is 388 cm³/mol. The summed E-state index contributed by atoms with van der Waals surface area (Å²) in [4.78, 5) is 17.9. The van der Waals surface area contributed by atoms with Crippen molar-refractivity contribution < 1.29 is 17.4 Å². The molecule has 8 N–H and O–H groups in total. The Morgan fingerprint density at radius 3 is 1.28 bits per heavy atom. The minimum Gasteiger partial charge on any atom is -0.384 e. The number of hydrogen-bond acceptors (Lipinski definition) is 15. The van der Waals surface area contributed by atoms with Crippen molar-refractivity contribution in [3.63, 3.8) is 0 Å². The third-order valence-corrected chi connectivity index (χ3v) is 21.2. The Bertz CT molecular complexity index is 4930. The first-order valence-corrected chi connectivity index (χ1v) is 36.1. The zero-order valence-corrected chi connectivity index (χ0v) is 58.6. The van der Waals surface area contributed by atoms with Crippen molar-refractivity contribution in [2.45, 2.75) is 32.6 Å². The maximum atomic E-state index is 11.7. The van der Waals surface area contributed by atoms with Crippen molar-refractivity contribution in [2.75, 3.05) is 72.7 Å². The highest BCUT2D eigenvalue weighted by molar-refractivity contribution is 7.91. The molecule has 19 nitrogen and oxygen atoms in total. The summed E-state index contributed by atoms with van der Waals surface area (Å²) < 4.78 is 48.0. The van der Waals surface area contributed by atoms with Crippen LogP contribution in [0.1, 0.15) is 27.9 Å². The number of nitrogens with two attached hydrogens (primary N) is 4. The number of aromatic nitrogens is 9. The van der Waals surface area contributed by atoms with E-state index in [-0.39, 0.29) is 11.5 Å². The van der Waals surface area contributed by atoms with E-state index in [1.807, 2.05) is 120 Å². The number of benzene rings is 4. The Hall–Kier alpha value is -6.61. The van der Waals surface area contributed by atoms with Gasteiger partial charge in [-0.25, -0.2) is 23.4 Å². The summed E-state index contributed by atoms with van der Waals surface area (Å²) in [6, 6.07) is 29.5. The number of pyridine rings is 4. The maximum absolute atomic E-state index is 11.7. The minimum absolute atomic E-state index is 0.150. The minimum atomic E-state index is -2.95. The van der Waals surface area contributed by atoms with E-state index in [2.05, 4.69) is 30.0 Å². The second kappa shape index (κ2) is 30.9. The second-order valence-corrected chi connectivity index (χ2v) is 29.5. The fourth-order valence-electron chi connectivity index (χ4n) is 11.2. The summed E-state index contributed by atoms with van der Waals surface area (Å²) in [5, 5.41) is 12.6. The number of ether oxygens (including phenoxy) is 1. The lowest BCUT2D eigenvalue weighted by atomic mass is 10.0. The molecule has 0 amide bonds. The van der Waals surface area contributed by atoms with Gasteiger partial charge in [-0.1, -0.05) is 117 Å². The SMILES string of the molecule is COCCc1cn2cc(-c3ccc(Cl)cc3Cl)c(CN)cc2n1.NCc1cc2ncc(N3CCS(=O)(=O)CC3)n2cc1-c1ccc(Cl)cc1Cl.NCc1cc2ncc(N3CCS(=O)CC3)n2cc1-c1ccc(Cl)cc1Cl.NCc1cc2nncn2cc1-c1ccc(Cl)cc1Cl. The van der Waals surface area contributed by atoms with Gasteiger partial charge in [-0.2, -0.15) is 0 Å². The Balaban J connectivity index is 0.000000130. The van der Waals surface area contributed by atoms with Gasteiger partial charge in [0.1, 0.15) is 34.9 Å². The van der Waals surface area contributed by atoms with E-state index in [0.717, 1.165) is 126 Å². The standard InChI is InChI=1S/C18H18Cl2N4O2S.C18H18Cl2N4OS.C17H17Cl2N3O.C13H10Cl2N4/c19-13-1-2-14(16(20)8-13)15-11-24-17(7-12(15)9-21)22-10-18(24)23-3-5-27(25,26)6-4-23;19-13-1-2-14(16(20)8-13)15-11-24-17(7-12(15)9-21)22-10-18(24)23-3-5-26(25)6-4-23;1-23-5-4-13-9-22-10-15(11(8-20)6-17(22)21-13)14-3-2-12(18)7-16(14)19;14-9-1-2-10(12(15)4-9)11-6-19-7-17-18-13(19)3-8(11)5-16/h1-2,7-8,10-11H,3-6,9,21H2;1-2,7-8,10-11H,3-6,9,21H2;2-3,6-7,9-10H,4-5,8,20H2,1H3;1-4,6-7H,5,16H2. The van der Waals surface area contributed by atoms with Gasteiger partial charge >= 0.3 is 0 Å². The molecule has 4 aromatic carbocycles. The Kier molecular flexibility index (Phi) is 22.6. The van der Waals surface area contributed by atoms with Crippen LogP contribution in [0.2, 0.25) is 40.2 Å². The molecule has 0 spiro atoms. The van der Waals surface area contributed by atoms with Crippen molar-refractivity contribution in [2.24, 2.45) is 22.9 Å².